The van der Waals surface area contributed by atoms with E-state index in [4.69, 9.17) is 4.74 Å². The van der Waals surface area contributed by atoms with Gasteiger partial charge in [-0.3, -0.25) is 0 Å². The third-order valence-electron chi connectivity index (χ3n) is 2.15. The van der Waals surface area contributed by atoms with Crippen molar-refractivity contribution in [3.05, 3.63) is 22.7 Å². The minimum atomic E-state index is 0.616. The largest absolute Gasteiger partial charge is 0.496 e. The molecule has 0 bridgehead atoms. The molecule has 0 atom stereocenters. The maximum absolute atomic E-state index is 5.15. The Bertz CT molecular complexity index is 497. The molecule has 2 rings (SSSR count). The summed E-state index contributed by atoms with van der Waals surface area (Å²) in [6, 6.07) is 5.68. The molecule has 2 aromatic rings. The number of hydrogen-bond donors (Lipinski definition) is 0. The Morgan fingerprint density at radius 3 is 2.81 bits per heavy atom. The summed E-state index contributed by atoms with van der Waals surface area (Å²) in [5.74, 6) is 1.40. The lowest BCUT2D eigenvalue weighted by atomic mass is 10.2. The van der Waals surface area contributed by atoms with Crippen LogP contribution in [0.1, 0.15) is 6.92 Å². The lowest BCUT2D eigenvalue weighted by Gasteiger charge is -2.03. The normalized spacial score (nSPS) is 10.4. The molecule has 0 aliphatic rings. The molecule has 5 nitrogen and oxygen atoms in total. The molecule has 1 heterocycles. The van der Waals surface area contributed by atoms with Gasteiger partial charge in [0.1, 0.15) is 5.75 Å². The van der Waals surface area contributed by atoms with E-state index in [9.17, 15) is 0 Å². The molecule has 0 aliphatic carbocycles. The van der Waals surface area contributed by atoms with Gasteiger partial charge in [-0.15, -0.1) is 10.2 Å². The van der Waals surface area contributed by atoms with Crippen LogP contribution in [0, 0.1) is 0 Å². The van der Waals surface area contributed by atoms with E-state index in [1.807, 2.05) is 25.1 Å². The fraction of sp³-hybridized carbons (Fsp3) is 0.300. The van der Waals surface area contributed by atoms with Crippen LogP contribution in [0.15, 0.2) is 22.7 Å². The molecule has 0 amide bonds. The molecule has 0 saturated carbocycles. The number of ether oxygens (including phenoxy) is 1. The van der Waals surface area contributed by atoms with Crippen LogP contribution in [-0.2, 0) is 6.54 Å². The van der Waals surface area contributed by atoms with Crippen molar-refractivity contribution in [2.45, 2.75) is 13.5 Å². The standard InChI is InChI=1S/C10H11BrN4O/c1-3-15-13-10(12-14-15)7-4-5-9(16-2)8(11)6-7/h4-6H,3H2,1-2H3. The van der Waals surface area contributed by atoms with Crippen LogP contribution in [-0.4, -0.2) is 27.3 Å². The summed E-state index contributed by atoms with van der Waals surface area (Å²) in [4.78, 5) is 1.55. The molecular weight excluding hydrogens is 272 g/mol. The van der Waals surface area contributed by atoms with Crippen LogP contribution in [0.4, 0.5) is 0 Å². The van der Waals surface area contributed by atoms with E-state index in [-0.39, 0.29) is 0 Å². The fourth-order valence-corrected chi connectivity index (χ4v) is 1.84. The van der Waals surface area contributed by atoms with E-state index in [1.54, 1.807) is 11.9 Å². The van der Waals surface area contributed by atoms with E-state index < -0.39 is 0 Å². The van der Waals surface area contributed by atoms with Crippen molar-refractivity contribution in [2.75, 3.05) is 7.11 Å². The van der Waals surface area contributed by atoms with Crippen molar-refractivity contribution in [3.8, 4) is 17.1 Å². The Balaban J connectivity index is 2.37. The maximum atomic E-state index is 5.15. The van der Waals surface area contributed by atoms with E-state index in [0.717, 1.165) is 15.8 Å². The summed E-state index contributed by atoms with van der Waals surface area (Å²) in [5, 5.41) is 12.1. The average molecular weight is 283 g/mol. The SMILES string of the molecule is CCn1nnc(-c2ccc(OC)c(Br)c2)n1. The third-order valence-corrected chi connectivity index (χ3v) is 2.77. The zero-order valence-electron chi connectivity index (χ0n) is 9.01. The molecule has 0 fully saturated rings. The Hall–Kier alpha value is -1.43. The predicted octanol–water partition coefficient (Wildman–Crippen LogP) is 2.13. The molecule has 1 aromatic carbocycles. The Morgan fingerprint density at radius 2 is 2.25 bits per heavy atom. The Kier molecular flexibility index (Phi) is 3.19. The molecule has 6 heteroatoms. The van der Waals surface area contributed by atoms with Gasteiger partial charge in [0.2, 0.25) is 5.82 Å². The van der Waals surface area contributed by atoms with Gasteiger partial charge in [-0.05, 0) is 46.3 Å². The fourth-order valence-electron chi connectivity index (χ4n) is 1.30. The summed E-state index contributed by atoms with van der Waals surface area (Å²) < 4.78 is 6.03. The highest BCUT2D eigenvalue weighted by Gasteiger charge is 2.07. The first-order chi connectivity index (χ1) is 7.74. The van der Waals surface area contributed by atoms with Crippen molar-refractivity contribution < 1.29 is 4.74 Å². The second-order valence-corrected chi connectivity index (χ2v) is 4.01. The Labute approximate surface area is 102 Å². The van der Waals surface area contributed by atoms with Crippen molar-refractivity contribution in [1.82, 2.24) is 20.2 Å². The number of rotatable bonds is 3. The summed E-state index contributed by atoms with van der Waals surface area (Å²) in [5.41, 5.74) is 0.910. The molecule has 0 saturated heterocycles. The van der Waals surface area contributed by atoms with Crippen molar-refractivity contribution in [2.24, 2.45) is 0 Å². The van der Waals surface area contributed by atoms with Gasteiger partial charge >= 0.3 is 0 Å². The molecule has 84 valence electrons. The number of nitrogens with zero attached hydrogens (tertiary/aromatic N) is 4. The van der Waals surface area contributed by atoms with Crippen molar-refractivity contribution in [3.63, 3.8) is 0 Å². The molecule has 0 radical (unpaired) electrons. The number of halogens is 1. The van der Waals surface area contributed by atoms with E-state index >= 15 is 0 Å². The summed E-state index contributed by atoms with van der Waals surface area (Å²) in [6.45, 7) is 2.68. The van der Waals surface area contributed by atoms with Crippen LogP contribution < -0.4 is 4.74 Å². The van der Waals surface area contributed by atoms with Gasteiger partial charge in [-0.1, -0.05) is 0 Å². The zero-order valence-corrected chi connectivity index (χ0v) is 10.6. The van der Waals surface area contributed by atoms with Crippen LogP contribution in [0.2, 0.25) is 0 Å². The monoisotopic (exact) mass is 282 g/mol. The van der Waals surface area contributed by atoms with E-state index in [2.05, 4.69) is 31.3 Å². The average Bonchev–Trinajstić information content (AvgIpc) is 2.77. The predicted molar refractivity (Wildman–Crippen MR) is 63.2 cm³/mol. The van der Waals surface area contributed by atoms with E-state index in [1.165, 1.54) is 0 Å². The number of benzene rings is 1. The highest BCUT2D eigenvalue weighted by atomic mass is 79.9. The minimum Gasteiger partial charge on any atom is -0.496 e. The summed E-state index contributed by atoms with van der Waals surface area (Å²) >= 11 is 3.42. The molecule has 1 aromatic heterocycles. The molecule has 16 heavy (non-hydrogen) atoms. The first-order valence-corrected chi connectivity index (χ1v) is 5.65. The highest BCUT2D eigenvalue weighted by Crippen LogP contribution is 2.28. The molecule has 0 spiro atoms. The molecule has 0 aliphatic heterocycles. The van der Waals surface area contributed by atoms with Crippen LogP contribution in [0.25, 0.3) is 11.4 Å². The lowest BCUT2D eigenvalue weighted by molar-refractivity contribution is 0.412. The smallest absolute Gasteiger partial charge is 0.204 e. The van der Waals surface area contributed by atoms with Crippen molar-refractivity contribution >= 4 is 15.9 Å². The maximum Gasteiger partial charge on any atom is 0.204 e. The van der Waals surface area contributed by atoms with Gasteiger partial charge in [-0.2, -0.15) is 4.80 Å². The number of methoxy groups -OCH3 is 1. The molecule has 0 unspecified atom stereocenters. The number of tetrazole rings is 1. The summed E-state index contributed by atoms with van der Waals surface area (Å²) in [6.07, 6.45) is 0. The van der Waals surface area contributed by atoms with Gasteiger partial charge in [0, 0.05) is 5.56 Å². The third kappa shape index (κ3) is 2.06. The number of aryl methyl sites for hydroxylation is 1. The zero-order chi connectivity index (χ0) is 11.5. The van der Waals surface area contributed by atoms with Crippen LogP contribution in [0.3, 0.4) is 0 Å². The van der Waals surface area contributed by atoms with Gasteiger partial charge in [-0.25, -0.2) is 0 Å². The van der Waals surface area contributed by atoms with Crippen LogP contribution in [0.5, 0.6) is 5.75 Å². The topological polar surface area (TPSA) is 52.8 Å². The first kappa shape index (κ1) is 11.1. The minimum absolute atomic E-state index is 0.616. The first-order valence-electron chi connectivity index (χ1n) is 4.86. The van der Waals surface area contributed by atoms with Crippen molar-refractivity contribution in [1.29, 1.82) is 0 Å². The number of hydrogen-bond acceptors (Lipinski definition) is 4. The second kappa shape index (κ2) is 4.61. The van der Waals surface area contributed by atoms with Crippen LogP contribution >= 0.6 is 15.9 Å². The molecular formula is C10H11BrN4O. The lowest BCUT2D eigenvalue weighted by Crippen LogP contribution is -1.98. The quantitative estimate of drug-likeness (QED) is 0.866. The highest BCUT2D eigenvalue weighted by molar-refractivity contribution is 9.10. The van der Waals surface area contributed by atoms with Gasteiger partial charge in [0.15, 0.2) is 0 Å². The Morgan fingerprint density at radius 1 is 1.44 bits per heavy atom. The summed E-state index contributed by atoms with van der Waals surface area (Å²) in [7, 11) is 1.63. The second-order valence-electron chi connectivity index (χ2n) is 3.15. The van der Waals surface area contributed by atoms with Gasteiger partial charge < -0.3 is 4.74 Å². The van der Waals surface area contributed by atoms with E-state index in [0.29, 0.717) is 12.4 Å². The van der Waals surface area contributed by atoms with Gasteiger partial charge in [0.05, 0.1) is 18.1 Å². The number of aromatic nitrogens is 4. The van der Waals surface area contributed by atoms with Gasteiger partial charge in [0.25, 0.3) is 0 Å². The molecule has 0 N–H and O–H groups in total.